The summed E-state index contributed by atoms with van der Waals surface area (Å²) in [6, 6.07) is 14.0. The summed E-state index contributed by atoms with van der Waals surface area (Å²) >= 11 is 0. The summed E-state index contributed by atoms with van der Waals surface area (Å²) in [7, 11) is 0.0142. The number of nitrogens with zero attached hydrogens (tertiary/aromatic N) is 3. The Kier molecular flexibility index (Phi) is 5.33. The first kappa shape index (κ1) is 19.4. The molecule has 0 N–H and O–H groups in total. The zero-order valence-electron chi connectivity index (χ0n) is 16.3. The molecule has 28 heavy (non-hydrogen) atoms. The van der Waals surface area contributed by atoms with Crippen LogP contribution in [0, 0.1) is 21.6 Å². The van der Waals surface area contributed by atoms with E-state index in [2.05, 4.69) is 36.2 Å². The van der Waals surface area contributed by atoms with E-state index in [4.69, 9.17) is 4.74 Å². The average Bonchev–Trinajstić information content (AvgIpc) is 3.10. The van der Waals surface area contributed by atoms with E-state index in [1.54, 1.807) is 30.1 Å². The van der Waals surface area contributed by atoms with Crippen LogP contribution < -0.4 is 4.74 Å². The number of hydrogen-bond acceptors (Lipinski definition) is 4. The molecule has 7 heteroatoms. The summed E-state index contributed by atoms with van der Waals surface area (Å²) in [6.45, 7) is 6.54. The summed E-state index contributed by atoms with van der Waals surface area (Å²) in [5, 5.41) is 15.5. The molecule has 3 aromatic rings. The summed E-state index contributed by atoms with van der Waals surface area (Å²) in [5.41, 5.74) is 6.77. The lowest BCUT2D eigenvalue weighted by molar-refractivity contribution is -0.384. The number of methoxy groups -OCH3 is 1. The van der Waals surface area contributed by atoms with Crippen molar-refractivity contribution in [3.05, 3.63) is 70.5 Å². The normalized spacial score (nSPS) is 10.9. The number of rotatable bonds is 4. The lowest BCUT2D eigenvalue weighted by atomic mass is 10.1. The van der Waals surface area contributed by atoms with Gasteiger partial charge in [-0.15, -0.1) is 5.54 Å². The van der Waals surface area contributed by atoms with Crippen LogP contribution in [0.25, 0.3) is 16.8 Å². The van der Waals surface area contributed by atoms with Gasteiger partial charge in [-0.3, -0.25) is 10.1 Å². The van der Waals surface area contributed by atoms with Gasteiger partial charge in [-0.25, -0.2) is 4.68 Å². The zero-order chi connectivity index (χ0) is 20.3. The Morgan fingerprint density at radius 2 is 1.71 bits per heavy atom. The van der Waals surface area contributed by atoms with Crippen molar-refractivity contribution in [1.82, 2.24) is 9.78 Å². The second-order valence-corrected chi connectivity index (χ2v) is 12.1. The van der Waals surface area contributed by atoms with E-state index in [1.165, 1.54) is 12.1 Å². The summed E-state index contributed by atoms with van der Waals surface area (Å²) in [4.78, 5) is 10.5. The van der Waals surface area contributed by atoms with Gasteiger partial charge in [0, 0.05) is 17.7 Å². The SMILES string of the molecule is COc1ccc(-n2ncc(-c3ccc([N+](=O)[O-])cc3)c2C#C[Si](C)(C)C)cc1. The number of aromatic nitrogens is 2. The zero-order valence-corrected chi connectivity index (χ0v) is 17.3. The van der Waals surface area contributed by atoms with Crippen LogP contribution in [0.3, 0.4) is 0 Å². The molecule has 0 atom stereocenters. The van der Waals surface area contributed by atoms with Crippen molar-refractivity contribution in [2.75, 3.05) is 7.11 Å². The molecule has 0 amide bonds. The fourth-order valence-electron chi connectivity index (χ4n) is 2.61. The van der Waals surface area contributed by atoms with E-state index in [0.717, 1.165) is 28.3 Å². The van der Waals surface area contributed by atoms with Crippen LogP contribution in [0.4, 0.5) is 5.69 Å². The number of nitro groups is 1. The van der Waals surface area contributed by atoms with Crippen molar-refractivity contribution < 1.29 is 9.66 Å². The van der Waals surface area contributed by atoms with Gasteiger partial charge in [-0.1, -0.05) is 25.6 Å². The Bertz CT molecular complexity index is 1050. The van der Waals surface area contributed by atoms with E-state index in [0.29, 0.717) is 0 Å². The number of non-ortho nitro benzene ring substituents is 1. The predicted octanol–water partition coefficient (Wildman–Crippen LogP) is 4.69. The van der Waals surface area contributed by atoms with Gasteiger partial charge in [-0.2, -0.15) is 5.10 Å². The van der Waals surface area contributed by atoms with Crippen LogP contribution in [0.1, 0.15) is 5.69 Å². The maximum atomic E-state index is 10.9. The molecule has 142 valence electrons. The second kappa shape index (κ2) is 7.70. The summed E-state index contributed by atoms with van der Waals surface area (Å²) in [6.07, 6.45) is 1.75. The monoisotopic (exact) mass is 391 g/mol. The van der Waals surface area contributed by atoms with Gasteiger partial charge in [-0.05, 0) is 42.0 Å². The molecule has 2 aromatic carbocycles. The molecule has 0 saturated carbocycles. The van der Waals surface area contributed by atoms with Crippen molar-refractivity contribution in [3.8, 4) is 34.0 Å². The third kappa shape index (κ3) is 4.30. The van der Waals surface area contributed by atoms with Crippen LogP contribution >= 0.6 is 0 Å². The quantitative estimate of drug-likeness (QED) is 0.280. The fraction of sp³-hybridized carbons (Fsp3) is 0.190. The highest BCUT2D eigenvalue weighted by Crippen LogP contribution is 2.27. The van der Waals surface area contributed by atoms with Crippen molar-refractivity contribution in [2.45, 2.75) is 19.6 Å². The standard InChI is InChI=1S/C21H21N3O3Si/c1-27-19-11-9-17(10-12-19)23-21(13-14-28(2,3)4)20(15-22-23)16-5-7-18(8-6-16)24(25)26/h5-12,15H,1-4H3. The minimum absolute atomic E-state index is 0.0565. The maximum Gasteiger partial charge on any atom is 0.269 e. The smallest absolute Gasteiger partial charge is 0.269 e. The molecule has 0 fully saturated rings. The molecule has 1 aromatic heterocycles. The topological polar surface area (TPSA) is 70.2 Å². The van der Waals surface area contributed by atoms with Gasteiger partial charge >= 0.3 is 0 Å². The molecule has 0 spiro atoms. The number of hydrogen-bond donors (Lipinski definition) is 0. The molecule has 0 aliphatic carbocycles. The largest absolute Gasteiger partial charge is 0.497 e. The molecule has 3 rings (SSSR count). The molecule has 0 radical (unpaired) electrons. The minimum Gasteiger partial charge on any atom is -0.497 e. The van der Waals surface area contributed by atoms with Crippen molar-refractivity contribution in [2.24, 2.45) is 0 Å². The first-order chi connectivity index (χ1) is 13.3. The molecular weight excluding hydrogens is 370 g/mol. The summed E-state index contributed by atoms with van der Waals surface area (Å²) < 4.78 is 7.02. The van der Waals surface area contributed by atoms with Gasteiger partial charge < -0.3 is 4.74 Å². The van der Waals surface area contributed by atoms with Crippen LogP contribution in [0.5, 0.6) is 5.75 Å². The highest BCUT2D eigenvalue weighted by molar-refractivity contribution is 6.83. The predicted molar refractivity (Wildman–Crippen MR) is 112 cm³/mol. The molecule has 0 saturated heterocycles. The number of benzene rings is 2. The van der Waals surface area contributed by atoms with Gasteiger partial charge in [0.15, 0.2) is 0 Å². The minimum atomic E-state index is -1.61. The Balaban J connectivity index is 2.12. The van der Waals surface area contributed by atoms with Gasteiger partial charge in [0.25, 0.3) is 5.69 Å². The Morgan fingerprint density at radius 3 is 2.25 bits per heavy atom. The third-order valence-electron chi connectivity index (χ3n) is 4.03. The average molecular weight is 392 g/mol. The first-order valence-corrected chi connectivity index (χ1v) is 12.3. The second-order valence-electron chi connectivity index (χ2n) is 7.32. The summed E-state index contributed by atoms with van der Waals surface area (Å²) in [5.74, 6) is 4.08. The van der Waals surface area contributed by atoms with Crippen molar-refractivity contribution in [3.63, 3.8) is 0 Å². The number of nitro benzene ring substituents is 1. The van der Waals surface area contributed by atoms with Crippen LogP contribution in [0.15, 0.2) is 54.7 Å². The molecule has 0 aliphatic rings. The number of ether oxygens (including phenoxy) is 1. The molecule has 0 unspecified atom stereocenters. The Hall–Kier alpha value is -3.37. The highest BCUT2D eigenvalue weighted by atomic mass is 28.3. The van der Waals surface area contributed by atoms with E-state index < -0.39 is 13.0 Å². The van der Waals surface area contributed by atoms with Gasteiger partial charge in [0.1, 0.15) is 19.5 Å². The lowest BCUT2D eigenvalue weighted by Crippen LogP contribution is -2.16. The van der Waals surface area contributed by atoms with E-state index in [-0.39, 0.29) is 5.69 Å². The molecular formula is C21H21N3O3Si. The molecule has 6 nitrogen and oxygen atoms in total. The highest BCUT2D eigenvalue weighted by Gasteiger charge is 2.15. The first-order valence-electron chi connectivity index (χ1n) is 8.79. The maximum absolute atomic E-state index is 10.9. The van der Waals surface area contributed by atoms with E-state index >= 15 is 0 Å². The third-order valence-corrected chi connectivity index (χ3v) is 4.91. The van der Waals surface area contributed by atoms with Crippen LogP contribution in [-0.2, 0) is 0 Å². The Morgan fingerprint density at radius 1 is 1.07 bits per heavy atom. The Labute approximate surface area is 164 Å². The lowest BCUT2D eigenvalue weighted by Gasteiger charge is -2.08. The molecule has 0 bridgehead atoms. The van der Waals surface area contributed by atoms with Crippen molar-refractivity contribution in [1.29, 1.82) is 0 Å². The van der Waals surface area contributed by atoms with E-state index in [1.807, 2.05) is 24.3 Å². The van der Waals surface area contributed by atoms with Crippen LogP contribution in [-0.4, -0.2) is 29.9 Å². The molecule has 1 heterocycles. The van der Waals surface area contributed by atoms with Gasteiger partial charge in [0.2, 0.25) is 0 Å². The van der Waals surface area contributed by atoms with Crippen LogP contribution in [0.2, 0.25) is 19.6 Å². The van der Waals surface area contributed by atoms with E-state index in [9.17, 15) is 10.1 Å². The molecule has 0 aliphatic heterocycles. The van der Waals surface area contributed by atoms with Gasteiger partial charge in [0.05, 0.1) is 23.9 Å². The fourth-order valence-corrected chi connectivity index (χ4v) is 3.10. The van der Waals surface area contributed by atoms with Crippen molar-refractivity contribution >= 4 is 13.8 Å².